The number of aliphatic hydroxyl groups excluding tert-OH is 4. The predicted octanol–water partition coefficient (Wildman–Crippen LogP) is -1.89. The lowest BCUT2D eigenvalue weighted by Crippen LogP contribution is -2.59. The van der Waals surface area contributed by atoms with Crippen molar-refractivity contribution in [3.8, 4) is 0 Å². The average molecular weight is 249 g/mol. The fourth-order valence-corrected chi connectivity index (χ4v) is 1.46. The van der Waals surface area contributed by atoms with Crippen LogP contribution in [0.1, 0.15) is 0 Å². The first kappa shape index (κ1) is 14.1. The minimum Gasteiger partial charge on any atom is -0.394 e. The molecule has 1 saturated heterocycles. The van der Waals surface area contributed by atoms with Gasteiger partial charge >= 0.3 is 0 Å². The van der Waals surface area contributed by atoms with Crippen LogP contribution in [-0.4, -0.2) is 70.9 Å². The Morgan fingerprint density at radius 2 is 1.94 bits per heavy atom. The maximum absolute atomic E-state index is 9.53. The lowest BCUT2D eigenvalue weighted by molar-refractivity contribution is -0.300. The van der Waals surface area contributed by atoms with Crippen LogP contribution in [-0.2, 0) is 9.47 Å². The quantitative estimate of drug-likeness (QED) is 0.194. The SMILES string of the molecule is [N-]=[N+]=NCCO[C@@H]1O[C@@H](CO)[C@H](O)[C@H](O)[C@@H]1O. The number of hydrogen-bond donors (Lipinski definition) is 4. The topological polar surface area (TPSA) is 148 Å². The summed E-state index contributed by atoms with van der Waals surface area (Å²) in [5.74, 6) is 0. The third-order valence-electron chi connectivity index (χ3n) is 2.39. The summed E-state index contributed by atoms with van der Waals surface area (Å²) in [5.41, 5.74) is 8.03. The van der Waals surface area contributed by atoms with E-state index in [0.29, 0.717) is 0 Å². The molecule has 0 bridgehead atoms. The van der Waals surface area contributed by atoms with E-state index in [1.54, 1.807) is 0 Å². The van der Waals surface area contributed by atoms with E-state index in [4.69, 9.17) is 20.1 Å². The molecule has 0 unspecified atom stereocenters. The molecule has 0 aromatic carbocycles. The molecular weight excluding hydrogens is 234 g/mol. The van der Waals surface area contributed by atoms with Gasteiger partial charge in [0.05, 0.1) is 13.2 Å². The number of hydrogen-bond acceptors (Lipinski definition) is 7. The van der Waals surface area contributed by atoms with E-state index in [1.165, 1.54) is 0 Å². The van der Waals surface area contributed by atoms with Gasteiger partial charge < -0.3 is 29.9 Å². The molecule has 1 aliphatic heterocycles. The van der Waals surface area contributed by atoms with Gasteiger partial charge in [0.15, 0.2) is 6.29 Å². The largest absolute Gasteiger partial charge is 0.394 e. The predicted molar refractivity (Wildman–Crippen MR) is 53.7 cm³/mol. The van der Waals surface area contributed by atoms with Crippen molar-refractivity contribution in [2.45, 2.75) is 30.7 Å². The van der Waals surface area contributed by atoms with E-state index >= 15 is 0 Å². The van der Waals surface area contributed by atoms with Gasteiger partial charge in [0.25, 0.3) is 0 Å². The highest BCUT2D eigenvalue weighted by Crippen LogP contribution is 2.21. The van der Waals surface area contributed by atoms with Crippen molar-refractivity contribution < 1.29 is 29.9 Å². The van der Waals surface area contributed by atoms with E-state index in [0.717, 1.165) is 0 Å². The van der Waals surface area contributed by atoms with Crippen molar-refractivity contribution in [2.75, 3.05) is 19.8 Å². The van der Waals surface area contributed by atoms with Gasteiger partial charge in [0, 0.05) is 11.5 Å². The minimum atomic E-state index is -1.47. The molecule has 0 aromatic heterocycles. The molecule has 9 heteroatoms. The van der Waals surface area contributed by atoms with E-state index in [9.17, 15) is 15.3 Å². The molecule has 1 aliphatic rings. The molecule has 0 amide bonds. The Morgan fingerprint density at radius 1 is 1.24 bits per heavy atom. The Balaban J connectivity index is 2.50. The van der Waals surface area contributed by atoms with E-state index in [1.807, 2.05) is 0 Å². The highest BCUT2D eigenvalue weighted by molar-refractivity contribution is 4.88. The molecule has 0 radical (unpaired) electrons. The Kier molecular flexibility index (Phi) is 5.59. The molecule has 4 N–H and O–H groups in total. The van der Waals surface area contributed by atoms with Gasteiger partial charge in [-0.15, -0.1) is 0 Å². The van der Waals surface area contributed by atoms with Gasteiger partial charge in [-0.1, -0.05) is 5.11 Å². The number of aliphatic hydroxyl groups is 4. The van der Waals surface area contributed by atoms with Crippen molar-refractivity contribution in [2.24, 2.45) is 5.11 Å². The molecule has 0 spiro atoms. The second kappa shape index (κ2) is 6.72. The maximum atomic E-state index is 9.53. The first-order valence-corrected chi connectivity index (χ1v) is 5.04. The van der Waals surface area contributed by atoms with Crippen LogP contribution in [0.15, 0.2) is 5.11 Å². The molecule has 0 aliphatic carbocycles. The minimum absolute atomic E-state index is 0.00719. The van der Waals surface area contributed by atoms with E-state index < -0.39 is 37.3 Å². The number of nitrogens with zero attached hydrogens (tertiary/aromatic N) is 3. The summed E-state index contributed by atoms with van der Waals surface area (Å²) >= 11 is 0. The van der Waals surface area contributed by atoms with Crippen LogP contribution in [0.25, 0.3) is 10.4 Å². The van der Waals surface area contributed by atoms with Crippen molar-refractivity contribution >= 4 is 0 Å². The zero-order valence-corrected chi connectivity index (χ0v) is 8.96. The number of azide groups is 1. The molecule has 1 fully saturated rings. The lowest BCUT2D eigenvalue weighted by atomic mass is 9.99. The summed E-state index contributed by atoms with van der Waals surface area (Å²) in [7, 11) is 0. The summed E-state index contributed by atoms with van der Waals surface area (Å²) in [6, 6.07) is 0. The van der Waals surface area contributed by atoms with Gasteiger partial charge in [-0.25, -0.2) is 0 Å². The Labute approximate surface area is 96.8 Å². The smallest absolute Gasteiger partial charge is 0.186 e. The summed E-state index contributed by atoms with van der Waals surface area (Å²) in [4.78, 5) is 2.51. The molecule has 0 saturated carbocycles. The molecular formula is C8H15N3O6. The number of rotatable bonds is 5. The molecule has 1 heterocycles. The highest BCUT2D eigenvalue weighted by atomic mass is 16.7. The standard InChI is InChI=1S/C8H15N3O6/c9-11-10-1-2-16-8-7(15)6(14)5(13)4(3-12)17-8/h4-8,12-15H,1-3H2/t4-,5-,6-,7-,8+/m0/s1. The maximum Gasteiger partial charge on any atom is 0.186 e. The van der Waals surface area contributed by atoms with Crippen LogP contribution < -0.4 is 0 Å². The molecule has 17 heavy (non-hydrogen) atoms. The normalized spacial score (nSPS) is 37.5. The first-order valence-electron chi connectivity index (χ1n) is 5.04. The van der Waals surface area contributed by atoms with Gasteiger partial charge in [0.2, 0.25) is 0 Å². The molecule has 98 valence electrons. The van der Waals surface area contributed by atoms with Crippen LogP contribution in [0.5, 0.6) is 0 Å². The Morgan fingerprint density at radius 3 is 2.53 bits per heavy atom. The first-order chi connectivity index (χ1) is 8.11. The number of ether oxygens (including phenoxy) is 2. The van der Waals surface area contributed by atoms with Crippen molar-refractivity contribution in [3.05, 3.63) is 10.4 Å². The summed E-state index contributed by atoms with van der Waals surface area (Å²) in [6.45, 7) is -0.473. The molecule has 5 atom stereocenters. The van der Waals surface area contributed by atoms with Crippen LogP contribution in [0.3, 0.4) is 0 Å². The third kappa shape index (κ3) is 3.51. The van der Waals surface area contributed by atoms with Gasteiger partial charge in [-0.05, 0) is 5.53 Å². The molecule has 9 nitrogen and oxygen atoms in total. The summed E-state index contributed by atoms with van der Waals surface area (Å²) in [6.07, 6.45) is -6.49. The van der Waals surface area contributed by atoms with Gasteiger partial charge in [-0.2, -0.15) is 0 Å². The van der Waals surface area contributed by atoms with Crippen molar-refractivity contribution in [1.29, 1.82) is 0 Å². The van der Waals surface area contributed by atoms with Crippen LogP contribution in [0.2, 0.25) is 0 Å². The molecule has 1 rings (SSSR count). The third-order valence-corrected chi connectivity index (χ3v) is 2.39. The van der Waals surface area contributed by atoms with Crippen LogP contribution in [0, 0.1) is 0 Å². The zero-order valence-electron chi connectivity index (χ0n) is 8.96. The highest BCUT2D eigenvalue weighted by Gasteiger charge is 2.43. The molecule has 0 aromatic rings. The lowest BCUT2D eigenvalue weighted by Gasteiger charge is -2.39. The fourth-order valence-electron chi connectivity index (χ4n) is 1.46. The van der Waals surface area contributed by atoms with Gasteiger partial charge in [0.1, 0.15) is 24.4 Å². The van der Waals surface area contributed by atoms with E-state index in [2.05, 4.69) is 10.0 Å². The van der Waals surface area contributed by atoms with E-state index in [-0.39, 0.29) is 13.2 Å². The van der Waals surface area contributed by atoms with Crippen LogP contribution in [0.4, 0.5) is 0 Å². The zero-order chi connectivity index (χ0) is 12.8. The van der Waals surface area contributed by atoms with Crippen molar-refractivity contribution in [1.82, 2.24) is 0 Å². The van der Waals surface area contributed by atoms with Crippen LogP contribution >= 0.6 is 0 Å². The second-order valence-electron chi connectivity index (χ2n) is 3.52. The second-order valence-corrected chi connectivity index (χ2v) is 3.52. The van der Waals surface area contributed by atoms with Gasteiger partial charge in [-0.3, -0.25) is 0 Å². The Bertz CT molecular complexity index is 282. The average Bonchev–Trinajstić information content (AvgIpc) is 2.34. The Hall–Kier alpha value is -0.930. The fraction of sp³-hybridized carbons (Fsp3) is 1.00. The van der Waals surface area contributed by atoms with Crippen molar-refractivity contribution in [3.63, 3.8) is 0 Å². The summed E-state index contributed by atoms with van der Waals surface area (Å²) in [5, 5.41) is 40.5. The summed E-state index contributed by atoms with van der Waals surface area (Å²) < 4.78 is 10.1. The monoisotopic (exact) mass is 249 g/mol.